The van der Waals surface area contributed by atoms with Gasteiger partial charge >= 0.3 is 6.03 Å². The SMILES string of the molecule is CCOc1cc(/C=C2/C(=O)NC(=O)N(c3ccc(Cl)c(Cl)c3)C2=O)cc(Br)c1OCC(=O)Nc1ccc(C)cc1C. The first kappa shape index (κ1) is 30.1. The van der Waals surface area contributed by atoms with Gasteiger partial charge in [-0.25, -0.2) is 9.69 Å². The van der Waals surface area contributed by atoms with Crippen LogP contribution >= 0.6 is 39.1 Å². The molecule has 1 saturated heterocycles. The van der Waals surface area contributed by atoms with Crippen LogP contribution in [0.15, 0.2) is 58.6 Å². The van der Waals surface area contributed by atoms with Gasteiger partial charge in [0.05, 0.1) is 26.8 Å². The van der Waals surface area contributed by atoms with E-state index in [-0.39, 0.29) is 51.9 Å². The van der Waals surface area contributed by atoms with Crippen LogP contribution in [0.5, 0.6) is 11.5 Å². The molecule has 0 bridgehead atoms. The zero-order valence-electron chi connectivity index (χ0n) is 22.1. The molecule has 0 radical (unpaired) electrons. The highest BCUT2D eigenvalue weighted by molar-refractivity contribution is 9.10. The summed E-state index contributed by atoms with van der Waals surface area (Å²) in [5.41, 5.74) is 2.92. The maximum absolute atomic E-state index is 13.3. The molecule has 1 aliphatic heterocycles. The average Bonchev–Trinajstić information content (AvgIpc) is 2.90. The Bertz CT molecular complexity index is 1610. The van der Waals surface area contributed by atoms with E-state index in [1.807, 2.05) is 32.0 Å². The normalized spacial score (nSPS) is 14.2. The molecule has 41 heavy (non-hydrogen) atoms. The number of ether oxygens (including phenoxy) is 2. The molecule has 0 spiro atoms. The van der Waals surface area contributed by atoms with Crippen LogP contribution in [0.4, 0.5) is 16.2 Å². The van der Waals surface area contributed by atoms with Crippen molar-refractivity contribution in [2.24, 2.45) is 0 Å². The minimum atomic E-state index is -0.922. The Morgan fingerprint density at radius 2 is 1.78 bits per heavy atom. The third kappa shape index (κ3) is 6.90. The van der Waals surface area contributed by atoms with Crippen LogP contribution in [-0.2, 0) is 14.4 Å². The molecule has 5 amide bonds. The first-order valence-corrected chi connectivity index (χ1v) is 13.9. The minimum absolute atomic E-state index is 0.135. The number of urea groups is 1. The summed E-state index contributed by atoms with van der Waals surface area (Å²) in [6, 6.07) is 12.1. The number of barbiturate groups is 1. The van der Waals surface area contributed by atoms with E-state index in [0.717, 1.165) is 16.0 Å². The second-order valence-corrected chi connectivity index (χ2v) is 10.6. The minimum Gasteiger partial charge on any atom is -0.490 e. The fourth-order valence-electron chi connectivity index (χ4n) is 4.03. The largest absolute Gasteiger partial charge is 0.490 e. The summed E-state index contributed by atoms with van der Waals surface area (Å²) in [5, 5.41) is 5.36. The van der Waals surface area contributed by atoms with Gasteiger partial charge in [-0.2, -0.15) is 0 Å². The summed E-state index contributed by atoms with van der Waals surface area (Å²) in [4.78, 5) is 51.8. The molecule has 4 rings (SSSR count). The number of halogens is 3. The van der Waals surface area contributed by atoms with E-state index in [0.29, 0.717) is 15.7 Å². The van der Waals surface area contributed by atoms with Gasteiger partial charge in [0, 0.05) is 5.69 Å². The Morgan fingerprint density at radius 3 is 2.46 bits per heavy atom. The van der Waals surface area contributed by atoms with E-state index >= 15 is 0 Å². The topological polar surface area (TPSA) is 114 Å². The van der Waals surface area contributed by atoms with Gasteiger partial charge in [-0.3, -0.25) is 19.7 Å². The number of hydrogen-bond acceptors (Lipinski definition) is 6. The van der Waals surface area contributed by atoms with Crippen molar-refractivity contribution in [3.63, 3.8) is 0 Å². The molecule has 3 aromatic rings. The molecule has 12 heteroatoms. The van der Waals surface area contributed by atoms with Crippen LogP contribution in [-0.4, -0.2) is 37.0 Å². The van der Waals surface area contributed by atoms with Crippen molar-refractivity contribution in [3.8, 4) is 11.5 Å². The molecule has 1 fully saturated rings. The summed E-state index contributed by atoms with van der Waals surface area (Å²) in [7, 11) is 0. The maximum atomic E-state index is 13.3. The first-order chi connectivity index (χ1) is 19.5. The summed E-state index contributed by atoms with van der Waals surface area (Å²) in [5.74, 6) is -1.55. The number of hydrogen-bond donors (Lipinski definition) is 2. The lowest BCUT2D eigenvalue weighted by molar-refractivity contribution is -0.122. The average molecular weight is 661 g/mol. The maximum Gasteiger partial charge on any atom is 0.335 e. The molecule has 0 saturated carbocycles. The van der Waals surface area contributed by atoms with Gasteiger partial charge in [-0.05, 0) is 90.3 Å². The number of nitrogens with zero attached hydrogens (tertiary/aromatic N) is 1. The number of nitrogens with one attached hydrogen (secondary N) is 2. The number of carbonyl (C=O) groups is 4. The summed E-state index contributed by atoms with van der Waals surface area (Å²) in [6.07, 6.45) is 1.32. The van der Waals surface area contributed by atoms with Gasteiger partial charge in [0.2, 0.25) is 0 Å². The molecule has 0 unspecified atom stereocenters. The molecule has 0 atom stereocenters. The van der Waals surface area contributed by atoms with Crippen molar-refractivity contribution < 1.29 is 28.7 Å². The standard InChI is InChI=1S/C29H24BrCl2N3O6/c1-4-40-24-12-17(11-20(30)26(24)41-14-25(36)33-23-8-5-15(2)9-16(23)3)10-19-27(37)34-29(39)35(28(19)38)18-6-7-21(31)22(32)13-18/h5-13H,4,14H2,1-3H3,(H,33,36)(H,34,37,39)/b19-10-. The molecule has 0 aromatic heterocycles. The van der Waals surface area contributed by atoms with Gasteiger partial charge in [-0.15, -0.1) is 0 Å². The number of imide groups is 2. The number of amides is 5. The van der Waals surface area contributed by atoms with E-state index in [9.17, 15) is 19.2 Å². The zero-order valence-corrected chi connectivity index (χ0v) is 25.2. The monoisotopic (exact) mass is 659 g/mol. The van der Waals surface area contributed by atoms with Crippen molar-refractivity contribution in [1.82, 2.24) is 5.32 Å². The quantitative estimate of drug-likeness (QED) is 0.212. The van der Waals surface area contributed by atoms with Crippen molar-refractivity contribution >= 4 is 80.3 Å². The number of aryl methyl sites for hydroxylation is 2. The fourth-order valence-corrected chi connectivity index (χ4v) is 4.90. The molecular weight excluding hydrogens is 637 g/mol. The predicted molar refractivity (Wildman–Crippen MR) is 161 cm³/mol. The lowest BCUT2D eigenvalue weighted by Crippen LogP contribution is -2.54. The summed E-state index contributed by atoms with van der Waals surface area (Å²) < 4.78 is 11.9. The van der Waals surface area contributed by atoms with Crippen LogP contribution in [0.3, 0.4) is 0 Å². The third-order valence-corrected chi connectivity index (χ3v) is 7.24. The number of benzene rings is 3. The molecule has 212 valence electrons. The van der Waals surface area contributed by atoms with Crippen LogP contribution in [0.25, 0.3) is 6.08 Å². The van der Waals surface area contributed by atoms with E-state index in [2.05, 4.69) is 26.6 Å². The van der Waals surface area contributed by atoms with Crippen LogP contribution < -0.4 is 25.0 Å². The van der Waals surface area contributed by atoms with Gasteiger partial charge in [0.15, 0.2) is 18.1 Å². The van der Waals surface area contributed by atoms with Crippen LogP contribution in [0.1, 0.15) is 23.6 Å². The van der Waals surface area contributed by atoms with E-state index in [4.69, 9.17) is 32.7 Å². The Labute approximate surface area is 254 Å². The van der Waals surface area contributed by atoms with E-state index in [1.165, 1.54) is 24.3 Å². The highest BCUT2D eigenvalue weighted by Crippen LogP contribution is 2.38. The Hall–Kier alpha value is -3.86. The first-order valence-electron chi connectivity index (χ1n) is 12.3. The van der Waals surface area contributed by atoms with Gasteiger partial charge in [0.25, 0.3) is 17.7 Å². The van der Waals surface area contributed by atoms with Crippen LogP contribution in [0.2, 0.25) is 10.0 Å². The Morgan fingerprint density at radius 1 is 1.02 bits per heavy atom. The number of anilines is 2. The zero-order chi connectivity index (χ0) is 29.8. The smallest absolute Gasteiger partial charge is 0.335 e. The van der Waals surface area contributed by atoms with Gasteiger partial charge < -0.3 is 14.8 Å². The predicted octanol–water partition coefficient (Wildman–Crippen LogP) is 6.46. The molecule has 2 N–H and O–H groups in total. The molecular formula is C29H24BrCl2N3O6. The molecule has 1 heterocycles. The third-order valence-electron chi connectivity index (χ3n) is 5.91. The molecule has 9 nitrogen and oxygen atoms in total. The second kappa shape index (κ2) is 12.8. The Balaban J connectivity index is 1.58. The van der Waals surface area contributed by atoms with Crippen molar-refractivity contribution in [2.75, 3.05) is 23.4 Å². The highest BCUT2D eigenvalue weighted by atomic mass is 79.9. The van der Waals surface area contributed by atoms with Crippen molar-refractivity contribution in [3.05, 3.63) is 85.3 Å². The Kier molecular flexibility index (Phi) is 9.37. The van der Waals surface area contributed by atoms with Gasteiger partial charge in [0.1, 0.15) is 5.57 Å². The lowest BCUT2D eigenvalue weighted by atomic mass is 10.1. The molecule has 0 aliphatic carbocycles. The van der Waals surface area contributed by atoms with E-state index < -0.39 is 17.8 Å². The number of carbonyl (C=O) groups excluding carboxylic acids is 4. The molecule has 3 aromatic carbocycles. The van der Waals surface area contributed by atoms with Crippen LogP contribution in [0, 0.1) is 13.8 Å². The highest BCUT2D eigenvalue weighted by Gasteiger charge is 2.37. The van der Waals surface area contributed by atoms with Gasteiger partial charge in [-0.1, -0.05) is 40.9 Å². The van der Waals surface area contributed by atoms with Crippen molar-refractivity contribution in [2.45, 2.75) is 20.8 Å². The van der Waals surface area contributed by atoms with Crippen molar-refractivity contribution in [1.29, 1.82) is 0 Å². The lowest BCUT2D eigenvalue weighted by Gasteiger charge is -2.26. The number of rotatable bonds is 8. The summed E-state index contributed by atoms with van der Waals surface area (Å²) in [6.45, 7) is 5.62. The second-order valence-electron chi connectivity index (χ2n) is 8.97. The fraction of sp³-hybridized carbons (Fsp3) is 0.172. The van der Waals surface area contributed by atoms with E-state index in [1.54, 1.807) is 19.1 Å². The molecule has 1 aliphatic rings. The summed E-state index contributed by atoms with van der Waals surface area (Å²) >= 11 is 15.4.